The number of aromatic nitrogens is 2. The molecule has 2 aromatic rings. The van der Waals surface area contributed by atoms with Gasteiger partial charge >= 0.3 is 5.97 Å². The van der Waals surface area contributed by atoms with Crippen LogP contribution < -0.4 is 5.32 Å². The molecule has 3 rings (SSSR count). The zero-order valence-corrected chi connectivity index (χ0v) is 14.9. The number of aliphatic carboxylic acids is 1. The number of piperidine rings is 1. The maximum atomic E-state index is 12.6. The number of likely N-dealkylation sites (tertiary alicyclic amines) is 1. The second-order valence-corrected chi connectivity index (χ2v) is 6.48. The Morgan fingerprint density at radius 1 is 1.22 bits per heavy atom. The van der Waals surface area contributed by atoms with E-state index in [1.54, 1.807) is 6.20 Å². The minimum absolute atomic E-state index is 0.119. The highest BCUT2D eigenvalue weighted by Crippen LogP contribution is 2.16. The topological polar surface area (TPSA) is 95.4 Å². The summed E-state index contributed by atoms with van der Waals surface area (Å²) in [5.74, 6) is -0.278. The minimum atomic E-state index is -1.03. The van der Waals surface area contributed by atoms with Crippen LogP contribution in [-0.2, 0) is 16.0 Å². The van der Waals surface area contributed by atoms with E-state index in [0.717, 1.165) is 31.0 Å². The van der Waals surface area contributed by atoms with Gasteiger partial charge in [-0.05, 0) is 24.5 Å². The number of hydrogen-bond donors (Lipinski definition) is 2. The summed E-state index contributed by atoms with van der Waals surface area (Å²) in [6.45, 7) is 1.41. The van der Waals surface area contributed by atoms with E-state index in [9.17, 15) is 9.59 Å². The van der Waals surface area contributed by atoms with Crippen LogP contribution in [0.5, 0.6) is 0 Å². The highest BCUT2D eigenvalue weighted by molar-refractivity contribution is 5.84. The van der Waals surface area contributed by atoms with E-state index in [1.807, 2.05) is 35.2 Å². The number of carbonyl (C=O) groups is 2. The van der Waals surface area contributed by atoms with Crippen molar-refractivity contribution in [3.63, 3.8) is 0 Å². The average Bonchev–Trinajstić information content (AvgIpc) is 2.68. The van der Waals surface area contributed by atoms with Crippen molar-refractivity contribution in [2.45, 2.75) is 25.3 Å². The molecule has 0 bridgehead atoms. The van der Waals surface area contributed by atoms with Crippen LogP contribution in [0, 0.1) is 0 Å². The van der Waals surface area contributed by atoms with Crippen molar-refractivity contribution in [2.75, 3.05) is 18.4 Å². The molecule has 1 aromatic carbocycles. The Hall–Kier alpha value is -3.22. The molecule has 2 heterocycles. The predicted octanol–water partition coefficient (Wildman–Crippen LogP) is 2.22. The van der Waals surface area contributed by atoms with Crippen LogP contribution in [0.3, 0.4) is 0 Å². The lowest BCUT2D eigenvalue weighted by molar-refractivity contribution is -0.132. The summed E-state index contributed by atoms with van der Waals surface area (Å²) in [7, 11) is 0. The molecule has 2 N–H and O–H groups in total. The molecular weight excluding hydrogens is 344 g/mol. The summed E-state index contributed by atoms with van der Waals surface area (Å²) in [5, 5.41) is 11.9. The first-order valence-corrected chi connectivity index (χ1v) is 8.91. The number of amides is 1. The summed E-state index contributed by atoms with van der Waals surface area (Å²) in [4.78, 5) is 33.4. The Bertz CT molecular complexity index is 806. The molecule has 0 spiro atoms. The van der Waals surface area contributed by atoms with Gasteiger partial charge in [0.1, 0.15) is 5.82 Å². The van der Waals surface area contributed by atoms with Gasteiger partial charge in [-0.1, -0.05) is 30.3 Å². The first-order valence-electron chi connectivity index (χ1n) is 8.91. The van der Waals surface area contributed by atoms with E-state index in [-0.39, 0.29) is 11.9 Å². The van der Waals surface area contributed by atoms with Gasteiger partial charge in [-0.3, -0.25) is 9.78 Å². The van der Waals surface area contributed by atoms with Gasteiger partial charge in [0.25, 0.3) is 0 Å². The fourth-order valence-electron chi connectivity index (χ4n) is 3.07. The van der Waals surface area contributed by atoms with Gasteiger partial charge in [-0.2, -0.15) is 0 Å². The summed E-state index contributed by atoms with van der Waals surface area (Å²) >= 11 is 0. The predicted molar refractivity (Wildman–Crippen MR) is 102 cm³/mol. The number of carboxylic acid groups (broad SMARTS) is 1. The van der Waals surface area contributed by atoms with Crippen LogP contribution in [0.1, 0.15) is 24.1 Å². The van der Waals surface area contributed by atoms with Crippen LogP contribution in [0.15, 0.2) is 48.8 Å². The van der Waals surface area contributed by atoms with E-state index in [2.05, 4.69) is 15.3 Å². The van der Waals surface area contributed by atoms with Gasteiger partial charge in [0.05, 0.1) is 24.5 Å². The molecule has 7 nitrogen and oxygen atoms in total. The van der Waals surface area contributed by atoms with Gasteiger partial charge in [0, 0.05) is 25.2 Å². The molecule has 0 radical (unpaired) electrons. The van der Waals surface area contributed by atoms with E-state index in [1.165, 1.54) is 12.3 Å². The number of carbonyl (C=O) groups excluding carboxylic acids is 1. The standard InChI is InChI=1S/C20H22N4O3/c25-19(11-15-5-2-1-3-6-15)24-10-4-7-17(14-24)23-18-13-21-16(12-22-18)8-9-20(26)27/h1-3,5-6,8-9,12-13,17H,4,7,10-11,14H2,(H,22,23)(H,26,27)/b9-8+. The van der Waals surface area contributed by atoms with Gasteiger partial charge in [-0.15, -0.1) is 0 Å². The van der Waals surface area contributed by atoms with Gasteiger partial charge in [0.2, 0.25) is 5.91 Å². The van der Waals surface area contributed by atoms with Crippen LogP contribution in [0.25, 0.3) is 6.08 Å². The first kappa shape index (κ1) is 18.6. The monoisotopic (exact) mass is 366 g/mol. The molecule has 1 fully saturated rings. The molecule has 1 aromatic heterocycles. The number of nitrogens with zero attached hydrogens (tertiary/aromatic N) is 3. The third kappa shape index (κ3) is 5.64. The molecule has 1 aliphatic rings. The number of carboxylic acids is 1. The lowest BCUT2D eigenvalue weighted by Crippen LogP contribution is -2.45. The molecule has 1 aliphatic heterocycles. The van der Waals surface area contributed by atoms with E-state index in [0.29, 0.717) is 24.5 Å². The third-order valence-electron chi connectivity index (χ3n) is 4.39. The lowest BCUT2D eigenvalue weighted by atomic mass is 10.0. The zero-order chi connectivity index (χ0) is 19.1. The van der Waals surface area contributed by atoms with Crippen molar-refractivity contribution in [1.29, 1.82) is 0 Å². The second kappa shape index (κ2) is 8.93. The molecule has 1 saturated heterocycles. The Balaban J connectivity index is 1.55. The fourth-order valence-corrected chi connectivity index (χ4v) is 3.07. The van der Waals surface area contributed by atoms with E-state index in [4.69, 9.17) is 5.11 Å². The average molecular weight is 366 g/mol. The van der Waals surface area contributed by atoms with Crippen LogP contribution >= 0.6 is 0 Å². The lowest BCUT2D eigenvalue weighted by Gasteiger charge is -2.33. The summed E-state index contributed by atoms with van der Waals surface area (Å²) in [6.07, 6.45) is 7.81. The van der Waals surface area contributed by atoms with Crippen molar-refractivity contribution in [1.82, 2.24) is 14.9 Å². The Kier molecular flexibility index (Phi) is 6.14. The van der Waals surface area contributed by atoms with Gasteiger partial charge in [0.15, 0.2) is 0 Å². The number of hydrogen-bond acceptors (Lipinski definition) is 5. The largest absolute Gasteiger partial charge is 0.478 e. The highest BCUT2D eigenvalue weighted by atomic mass is 16.4. The maximum absolute atomic E-state index is 12.6. The summed E-state index contributed by atoms with van der Waals surface area (Å²) in [5.41, 5.74) is 1.50. The van der Waals surface area contributed by atoms with Gasteiger partial charge < -0.3 is 15.3 Å². The molecule has 0 saturated carbocycles. The first-order chi connectivity index (χ1) is 13.1. The van der Waals surface area contributed by atoms with Crippen molar-refractivity contribution < 1.29 is 14.7 Å². The zero-order valence-electron chi connectivity index (χ0n) is 14.9. The molecule has 140 valence electrons. The second-order valence-electron chi connectivity index (χ2n) is 6.48. The Morgan fingerprint density at radius 3 is 2.74 bits per heavy atom. The number of nitrogens with one attached hydrogen (secondary N) is 1. The number of rotatable bonds is 6. The maximum Gasteiger partial charge on any atom is 0.328 e. The molecule has 0 aliphatic carbocycles. The van der Waals surface area contributed by atoms with Crippen molar-refractivity contribution in [3.05, 3.63) is 60.1 Å². The molecule has 1 amide bonds. The summed E-state index contributed by atoms with van der Waals surface area (Å²) in [6, 6.07) is 9.88. The normalized spacial score (nSPS) is 17.0. The minimum Gasteiger partial charge on any atom is -0.478 e. The third-order valence-corrected chi connectivity index (χ3v) is 4.39. The highest BCUT2D eigenvalue weighted by Gasteiger charge is 2.23. The van der Waals surface area contributed by atoms with Crippen LogP contribution in [0.2, 0.25) is 0 Å². The van der Waals surface area contributed by atoms with Gasteiger partial charge in [-0.25, -0.2) is 9.78 Å². The molecule has 7 heteroatoms. The smallest absolute Gasteiger partial charge is 0.328 e. The molecular formula is C20H22N4O3. The summed E-state index contributed by atoms with van der Waals surface area (Å²) < 4.78 is 0. The number of benzene rings is 1. The Labute approximate surface area is 157 Å². The van der Waals surface area contributed by atoms with Crippen molar-refractivity contribution in [3.8, 4) is 0 Å². The number of anilines is 1. The van der Waals surface area contributed by atoms with E-state index < -0.39 is 5.97 Å². The fraction of sp³-hybridized carbons (Fsp3) is 0.300. The van der Waals surface area contributed by atoms with E-state index >= 15 is 0 Å². The van der Waals surface area contributed by atoms with Crippen molar-refractivity contribution in [2.24, 2.45) is 0 Å². The molecule has 1 unspecified atom stereocenters. The van der Waals surface area contributed by atoms with Crippen molar-refractivity contribution >= 4 is 23.8 Å². The van der Waals surface area contributed by atoms with Crippen LogP contribution in [-0.4, -0.2) is 51.0 Å². The SMILES string of the molecule is O=C(O)/C=C/c1cnc(NC2CCCN(C(=O)Cc3ccccc3)C2)cn1. The molecule has 1 atom stereocenters. The molecule has 27 heavy (non-hydrogen) atoms. The Morgan fingerprint density at radius 2 is 2.04 bits per heavy atom. The quantitative estimate of drug-likeness (QED) is 0.761. The van der Waals surface area contributed by atoms with Crippen LogP contribution in [0.4, 0.5) is 5.82 Å².